The van der Waals surface area contributed by atoms with Crippen LogP contribution in [-0.4, -0.2) is 9.13 Å². The Morgan fingerprint density at radius 1 is 0.586 bits per heavy atom. The summed E-state index contributed by atoms with van der Waals surface area (Å²) in [6.07, 6.45) is 12.3. The summed E-state index contributed by atoms with van der Waals surface area (Å²) in [6, 6.07) is 21.3. The van der Waals surface area contributed by atoms with Crippen molar-refractivity contribution in [1.82, 2.24) is 9.13 Å². The third kappa shape index (κ3) is 4.32. The SMILES string of the molecule is C[n+]1ccn(CCCCCn2cc[n+](C)c2-c2ccccc2)c1-c1ccccc1. The predicted octanol–water partition coefficient (Wildman–Crippen LogP) is 4.14. The van der Waals surface area contributed by atoms with Gasteiger partial charge >= 0.3 is 0 Å². The first kappa shape index (κ1) is 19.2. The largest absolute Gasteiger partial charge is 0.288 e. The Labute approximate surface area is 173 Å². The van der Waals surface area contributed by atoms with Crippen LogP contribution in [0.4, 0.5) is 0 Å². The second-order valence-electron chi connectivity index (χ2n) is 7.64. The molecule has 0 amide bonds. The minimum absolute atomic E-state index is 1.05. The van der Waals surface area contributed by atoms with E-state index >= 15 is 0 Å². The number of aryl methyl sites for hydroxylation is 4. The van der Waals surface area contributed by atoms with E-state index in [2.05, 4.69) is 118 Å². The van der Waals surface area contributed by atoms with Crippen LogP contribution in [0, 0.1) is 0 Å². The van der Waals surface area contributed by atoms with E-state index in [9.17, 15) is 0 Å². The zero-order valence-electron chi connectivity index (χ0n) is 17.4. The minimum atomic E-state index is 1.05. The number of nitrogens with zero attached hydrogens (tertiary/aromatic N) is 4. The van der Waals surface area contributed by atoms with Gasteiger partial charge in [-0.2, -0.15) is 0 Å². The number of hydrogen-bond donors (Lipinski definition) is 0. The van der Waals surface area contributed by atoms with Gasteiger partial charge in [0.2, 0.25) is 0 Å². The lowest BCUT2D eigenvalue weighted by Crippen LogP contribution is -2.29. The minimum Gasteiger partial charge on any atom is -0.233 e. The van der Waals surface area contributed by atoms with Gasteiger partial charge in [0.15, 0.2) is 0 Å². The number of unbranched alkanes of at least 4 members (excludes halogenated alkanes) is 2. The van der Waals surface area contributed by atoms with E-state index in [0.717, 1.165) is 13.1 Å². The van der Waals surface area contributed by atoms with Crippen LogP contribution >= 0.6 is 0 Å². The van der Waals surface area contributed by atoms with Crippen molar-refractivity contribution in [3.05, 3.63) is 85.5 Å². The summed E-state index contributed by atoms with van der Waals surface area (Å²) in [5.41, 5.74) is 2.54. The standard InChI is InChI=1S/C25H30N4/c1-26-18-20-28(24(26)22-12-6-3-7-13-22)16-10-5-11-17-29-21-19-27(2)25(29)23-14-8-4-9-15-23/h3-4,6-9,12-15,18-21H,5,10-11,16-17H2,1-2H3/q+2. The van der Waals surface area contributed by atoms with Crippen LogP contribution < -0.4 is 9.13 Å². The molecule has 0 atom stereocenters. The van der Waals surface area contributed by atoms with Crippen molar-refractivity contribution in [1.29, 1.82) is 0 Å². The Hall–Kier alpha value is -3.14. The molecule has 0 spiro atoms. The van der Waals surface area contributed by atoms with E-state index in [1.54, 1.807) is 0 Å². The Morgan fingerprint density at radius 2 is 1.00 bits per heavy atom. The van der Waals surface area contributed by atoms with Crippen molar-refractivity contribution in [2.75, 3.05) is 0 Å². The summed E-state index contributed by atoms with van der Waals surface area (Å²) in [5.74, 6) is 2.55. The van der Waals surface area contributed by atoms with Crippen molar-refractivity contribution < 1.29 is 9.13 Å². The number of aromatic nitrogens is 4. The van der Waals surface area contributed by atoms with Gasteiger partial charge in [-0.15, -0.1) is 0 Å². The van der Waals surface area contributed by atoms with E-state index in [-0.39, 0.29) is 0 Å². The quantitative estimate of drug-likeness (QED) is 0.320. The molecule has 2 aromatic carbocycles. The Balaban J connectivity index is 1.34. The normalized spacial score (nSPS) is 11.1. The molecule has 0 unspecified atom stereocenters. The molecule has 0 bridgehead atoms. The fourth-order valence-electron chi connectivity index (χ4n) is 4.06. The molecule has 0 aliphatic heterocycles. The van der Waals surface area contributed by atoms with Crippen LogP contribution in [0.1, 0.15) is 19.3 Å². The number of rotatable bonds is 8. The molecule has 0 saturated carbocycles. The first-order chi connectivity index (χ1) is 14.2. The highest BCUT2D eigenvalue weighted by molar-refractivity contribution is 5.52. The maximum absolute atomic E-state index is 2.38. The molecule has 0 aliphatic carbocycles. The Kier molecular flexibility index (Phi) is 5.89. The molecule has 0 radical (unpaired) electrons. The third-order valence-corrected chi connectivity index (χ3v) is 5.51. The Bertz CT molecular complexity index is 959. The lowest BCUT2D eigenvalue weighted by atomic mass is 10.2. The predicted molar refractivity (Wildman–Crippen MR) is 116 cm³/mol. The van der Waals surface area contributed by atoms with Gasteiger partial charge in [-0.25, -0.2) is 18.3 Å². The number of benzene rings is 2. The molecule has 29 heavy (non-hydrogen) atoms. The summed E-state index contributed by atoms with van der Waals surface area (Å²) in [5, 5.41) is 0. The smallest absolute Gasteiger partial charge is 0.233 e. The van der Waals surface area contributed by atoms with E-state index in [0.29, 0.717) is 0 Å². The van der Waals surface area contributed by atoms with Gasteiger partial charge in [0.05, 0.1) is 38.3 Å². The fraction of sp³-hybridized carbons (Fsp3) is 0.280. The van der Waals surface area contributed by atoms with Gasteiger partial charge in [-0.05, 0) is 43.5 Å². The molecule has 4 heteroatoms. The van der Waals surface area contributed by atoms with E-state index in [1.807, 2.05) is 0 Å². The number of hydrogen-bond acceptors (Lipinski definition) is 0. The molecule has 0 N–H and O–H groups in total. The molecule has 2 aromatic heterocycles. The van der Waals surface area contributed by atoms with Gasteiger partial charge in [0.1, 0.15) is 24.8 Å². The zero-order valence-corrected chi connectivity index (χ0v) is 17.4. The molecule has 0 aliphatic rings. The fourth-order valence-corrected chi connectivity index (χ4v) is 4.06. The van der Waals surface area contributed by atoms with E-state index < -0.39 is 0 Å². The van der Waals surface area contributed by atoms with Crippen LogP contribution in [0.5, 0.6) is 0 Å². The Morgan fingerprint density at radius 3 is 1.41 bits per heavy atom. The molecular weight excluding hydrogens is 356 g/mol. The molecule has 0 saturated heterocycles. The van der Waals surface area contributed by atoms with Crippen LogP contribution in [0.3, 0.4) is 0 Å². The second-order valence-corrected chi connectivity index (χ2v) is 7.64. The van der Waals surface area contributed by atoms with Gasteiger partial charge in [0, 0.05) is 0 Å². The summed E-state index contributed by atoms with van der Waals surface area (Å²) < 4.78 is 9.17. The first-order valence-electron chi connectivity index (χ1n) is 10.4. The van der Waals surface area contributed by atoms with Crippen LogP contribution in [0.2, 0.25) is 0 Å². The molecule has 4 nitrogen and oxygen atoms in total. The topological polar surface area (TPSA) is 17.6 Å². The van der Waals surface area contributed by atoms with Gasteiger partial charge in [-0.3, -0.25) is 0 Å². The average molecular weight is 387 g/mol. The second kappa shape index (κ2) is 8.91. The monoisotopic (exact) mass is 386 g/mol. The molecule has 4 aromatic rings. The van der Waals surface area contributed by atoms with Crippen molar-refractivity contribution in [3.8, 4) is 22.8 Å². The van der Waals surface area contributed by atoms with Gasteiger partial charge < -0.3 is 0 Å². The maximum Gasteiger partial charge on any atom is 0.288 e. The lowest BCUT2D eigenvalue weighted by molar-refractivity contribution is -0.659. The van der Waals surface area contributed by atoms with Crippen LogP contribution in [-0.2, 0) is 27.2 Å². The highest BCUT2D eigenvalue weighted by atomic mass is 15.1. The van der Waals surface area contributed by atoms with E-state index in [4.69, 9.17) is 0 Å². The van der Waals surface area contributed by atoms with Crippen LogP contribution in [0.25, 0.3) is 22.8 Å². The average Bonchev–Trinajstić information content (AvgIpc) is 3.31. The highest BCUT2D eigenvalue weighted by Crippen LogP contribution is 2.18. The molecule has 148 valence electrons. The first-order valence-corrected chi connectivity index (χ1v) is 10.4. The van der Waals surface area contributed by atoms with E-state index in [1.165, 1.54) is 42.0 Å². The summed E-state index contributed by atoms with van der Waals surface area (Å²) >= 11 is 0. The summed E-state index contributed by atoms with van der Waals surface area (Å²) in [6.45, 7) is 2.10. The van der Waals surface area contributed by atoms with Crippen molar-refractivity contribution >= 4 is 0 Å². The number of imidazole rings is 2. The third-order valence-electron chi connectivity index (χ3n) is 5.51. The highest BCUT2D eigenvalue weighted by Gasteiger charge is 2.18. The summed E-state index contributed by atoms with van der Waals surface area (Å²) in [7, 11) is 4.24. The van der Waals surface area contributed by atoms with Crippen LogP contribution in [0.15, 0.2) is 85.5 Å². The summed E-state index contributed by atoms with van der Waals surface area (Å²) in [4.78, 5) is 0. The molecule has 0 fully saturated rings. The van der Waals surface area contributed by atoms with Crippen molar-refractivity contribution in [2.24, 2.45) is 14.1 Å². The molecular formula is C25H30N4+2. The van der Waals surface area contributed by atoms with Gasteiger partial charge in [-0.1, -0.05) is 36.4 Å². The van der Waals surface area contributed by atoms with Crippen molar-refractivity contribution in [2.45, 2.75) is 32.4 Å². The van der Waals surface area contributed by atoms with Crippen molar-refractivity contribution in [3.63, 3.8) is 0 Å². The molecule has 2 heterocycles. The maximum atomic E-state index is 2.38. The lowest BCUT2D eigenvalue weighted by Gasteiger charge is -2.05. The molecule has 4 rings (SSSR count). The van der Waals surface area contributed by atoms with Gasteiger partial charge in [0.25, 0.3) is 11.6 Å². The zero-order chi connectivity index (χ0) is 20.1.